The van der Waals surface area contributed by atoms with Gasteiger partial charge in [0.1, 0.15) is 0 Å². The van der Waals surface area contributed by atoms with Gasteiger partial charge in [0.15, 0.2) is 11.5 Å². The Morgan fingerprint density at radius 2 is 2.29 bits per heavy atom. The largest absolute Gasteiger partial charge is 0.476 e. The molecule has 17 heavy (non-hydrogen) atoms. The first-order valence-electron chi connectivity index (χ1n) is 4.78. The Morgan fingerprint density at radius 3 is 2.88 bits per heavy atom. The molecule has 0 aliphatic carbocycles. The molecule has 2 heterocycles. The lowest BCUT2D eigenvalue weighted by molar-refractivity contribution is 0.0690. The van der Waals surface area contributed by atoms with E-state index in [0.717, 1.165) is 0 Å². The van der Waals surface area contributed by atoms with E-state index < -0.39 is 5.97 Å². The standard InChI is InChI=1S/C11H8N4O2/c1-7-4-8(6-12)5-10(13-7)15-3-2-9(14-15)11(16)17/h2-5H,1H3,(H,16,17). The Morgan fingerprint density at radius 1 is 1.53 bits per heavy atom. The third-order valence-corrected chi connectivity index (χ3v) is 2.11. The van der Waals surface area contributed by atoms with Gasteiger partial charge in [-0.15, -0.1) is 0 Å². The van der Waals surface area contributed by atoms with Gasteiger partial charge in [0.05, 0.1) is 11.6 Å². The molecule has 1 N–H and O–H groups in total. The van der Waals surface area contributed by atoms with Crippen LogP contribution in [0.2, 0.25) is 0 Å². The molecule has 0 fully saturated rings. The van der Waals surface area contributed by atoms with Gasteiger partial charge in [-0.3, -0.25) is 0 Å². The summed E-state index contributed by atoms with van der Waals surface area (Å²) in [6.07, 6.45) is 1.49. The van der Waals surface area contributed by atoms with E-state index in [1.54, 1.807) is 19.1 Å². The topological polar surface area (TPSA) is 91.8 Å². The first kappa shape index (κ1) is 10.8. The van der Waals surface area contributed by atoms with Crippen LogP contribution in [0.1, 0.15) is 21.7 Å². The van der Waals surface area contributed by atoms with Gasteiger partial charge >= 0.3 is 5.97 Å². The van der Waals surface area contributed by atoms with Gasteiger partial charge in [-0.2, -0.15) is 10.4 Å². The molecule has 0 unspecified atom stereocenters. The van der Waals surface area contributed by atoms with Crippen molar-refractivity contribution in [3.8, 4) is 11.9 Å². The number of nitrogens with zero attached hydrogens (tertiary/aromatic N) is 4. The van der Waals surface area contributed by atoms with E-state index in [1.807, 2.05) is 6.07 Å². The van der Waals surface area contributed by atoms with Crippen LogP contribution in [0.4, 0.5) is 0 Å². The van der Waals surface area contributed by atoms with Crippen molar-refractivity contribution in [1.82, 2.24) is 14.8 Å². The normalized spacial score (nSPS) is 9.88. The van der Waals surface area contributed by atoms with Crippen molar-refractivity contribution in [2.45, 2.75) is 6.92 Å². The third-order valence-electron chi connectivity index (χ3n) is 2.11. The Bertz CT molecular complexity index is 625. The fourth-order valence-corrected chi connectivity index (χ4v) is 1.40. The molecule has 6 heteroatoms. The molecular weight excluding hydrogens is 220 g/mol. The molecule has 2 rings (SSSR count). The molecule has 0 radical (unpaired) electrons. The summed E-state index contributed by atoms with van der Waals surface area (Å²) in [6, 6.07) is 6.57. The summed E-state index contributed by atoms with van der Waals surface area (Å²) in [6.45, 7) is 1.76. The highest BCUT2D eigenvalue weighted by atomic mass is 16.4. The molecule has 0 aliphatic heterocycles. The average molecular weight is 228 g/mol. The van der Waals surface area contributed by atoms with Crippen LogP contribution in [0.15, 0.2) is 24.4 Å². The molecule has 0 saturated heterocycles. The first-order chi connectivity index (χ1) is 8.10. The summed E-state index contributed by atoms with van der Waals surface area (Å²) in [5, 5.41) is 21.4. The number of nitriles is 1. The number of pyridine rings is 1. The third kappa shape index (κ3) is 2.13. The number of carboxylic acids is 1. The van der Waals surface area contributed by atoms with Crippen LogP contribution in [-0.2, 0) is 0 Å². The molecule has 2 aromatic rings. The van der Waals surface area contributed by atoms with Crippen molar-refractivity contribution < 1.29 is 9.90 Å². The van der Waals surface area contributed by atoms with Crippen molar-refractivity contribution >= 4 is 5.97 Å². The molecular formula is C11H8N4O2. The van der Waals surface area contributed by atoms with Crippen LogP contribution in [-0.4, -0.2) is 25.8 Å². The average Bonchev–Trinajstić information content (AvgIpc) is 2.77. The number of aromatic carboxylic acids is 1. The fourth-order valence-electron chi connectivity index (χ4n) is 1.40. The molecule has 0 amide bonds. The Hall–Kier alpha value is -2.68. The molecule has 0 atom stereocenters. The smallest absolute Gasteiger partial charge is 0.356 e. The number of aromatic nitrogens is 3. The second-order valence-corrected chi connectivity index (χ2v) is 3.42. The van der Waals surface area contributed by atoms with Gasteiger partial charge in [-0.05, 0) is 19.1 Å². The van der Waals surface area contributed by atoms with Gasteiger partial charge in [-0.1, -0.05) is 0 Å². The number of carbonyl (C=O) groups is 1. The van der Waals surface area contributed by atoms with Crippen molar-refractivity contribution in [3.63, 3.8) is 0 Å². The second-order valence-electron chi connectivity index (χ2n) is 3.42. The molecule has 0 bridgehead atoms. The van der Waals surface area contributed by atoms with E-state index in [-0.39, 0.29) is 5.69 Å². The van der Waals surface area contributed by atoms with Crippen LogP contribution < -0.4 is 0 Å². The molecule has 0 spiro atoms. The van der Waals surface area contributed by atoms with Crippen LogP contribution >= 0.6 is 0 Å². The summed E-state index contributed by atoms with van der Waals surface area (Å²) in [5.41, 5.74) is 1.07. The van der Waals surface area contributed by atoms with E-state index in [4.69, 9.17) is 10.4 Å². The van der Waals surface area contributed by atoms with E-state index in [1.165, 1.54) is 16.9 Å². The van der Waals surface area contributed by atoms with E-state index in [0.29, 0.717) is 17.1 Å². The highest BCUT2D eigenvalue weighted by Gasteiger charge is 2.09. The highest BCUT2D eigenvalue weighted by molar-refractivity contribution is 5.85. The van der Waals surface area contributed by atoms with Crippen molar-refractivity contribution in [1.29, 1.82) is 5.26 Å². The summed E-state index contributed by atoms with van der Waals surface area (Å²) in [7, 11) is 0. The predicted octanol–water partition coefficient (Wildman–Crippen LogP) is 1.15. The van der Waals surface area contributed by atoms with Crippen molar-refractivity contribution in [3.05, 3.63) is 41.3 Å². The van der Waals surface area contributed by atoms with Crippen LogP contribution in [0, 0.1) is 18.3 Å². The Labute approximate surface area is 96.8 Å². The monoisotopic (exact) mass is 228 g/mol. The number of rotatable bonds is 2. The number of hydrogen-bond acceptors (Lipinski definition) is 4. The van der Waals surface area contributed by atoms with Crippen LogP contribution in [0.5, 0.6) is 0 Å². The lowest BCUT2D eigenvalue weighted by Crippen LogP contribution is -2.03. The number of carboxylic acid groups (broad SMARTS) is 1. The highest BCUT2D eigenvalue weighted by Crippen LogP contribution is 2.09. The lowest BCUT2D eigenvalue weighted by atomic mass is 10.2. The summed E-state index contributed by atoms with van der Waals surface area (Å²) < 4.78 is 1.33. The zero-order valence-corrected chi connectivity index (χ0v) is 8.95. The van der Waals surface area contributed by atoms with Crippen LogP contribution in [0.3, 0.4) is 0 Å². The molecule has 84 valence electrons. The molecule has 6 nitrogen and oxygen atoms in total. The molecule has 0 aliphatic rings. The summed E-state index contributed by atoms with van der Waals surface area (Å²) >= 11 is 0. The van der Waals surface area contributed by atoms with Crippen LogP contribution in [0.25, 0.3) is 5.82 Å². The number of hydrogen-bond donors (Lipinski definition) is 1. The molecule has 0 aromatic carbocycles. The predicted molar refractivity (Wildman–Crippen MR) is 57.8 cm³/mol. The molecule has 0 saturated carbocycles. The van der Waals surface area contributed by atoms with Gasteiger partial charge in [0.25, 0.3) is 0 Å². The quantitative estimate of drug-likeness (QED) is 0.832. The van der Waals surface area contributed by atoms with Gasteiger partial charge in [-0.25, -0.2) is 14.5 Å². The lowest BCUT2D eigenvalue weighted by Gasteiger charge is -2.02. The zero-order chi connectivity index (χ0) is 12.4. The summed E-state index contributed by atoms with van der Waals surface area (Å²) in [5.74, 6) is -0.675. The second kappa shape index (κ2) is 4.06. The van der Waals surface area contributed by atoms with E-state index in [9.17, 15) is 4.79 Å². The summed E-state index contributed by atoms with van der Waals surface area (Å²) in [4.78, 5) is 14.9. The Balaban J connectivity index is 2.49. The Kier molecular flexibility index (Phi) is 2.58. The number of aryl methyl sites for hydroxylation is 1. The maximum Gasteiger partial charge on any atom is 0.356 e. The minimum Gasteiger partial charge on any atom is -0.476 e. The van der Waals surface area contributed by atoms with E-state index in [2.05, 4.69) is 10.1 Å². The van der Waals surface area contributed by atoms with Gasteiger partial charge in [0, 0.05) is 18.0 Å². The van der Waals surface area contributed by atoms with E-state index >= 15 is 0 Å². The first-order valence-corrected chi connectivity index (χ1v) is 4.78. The zero-order valence-electron chi connectivity index (χ0n) is 8.95. The van der Waals surface area contributed by atoms with Crippen molar-refractivity contribution in [2.75, 3.05) is 0 Å². The minimum absolute atomic E-state index is 0.0631. The maximum atomic E-state index is 10.7. The van der Waals surface area contributed by atoms with Gasteiger partial charge < -0.3 is 5.11 Å². The maximum absolute atomic E-state index is 10.7. The fraction of sp³-hybridized carbons (Fsp3) is 0.0909. The van der Waals surface area contributed by atoms with Crippen molar-refractivity contribution in [2.24, 2.45) is 0 Å². The van der Waals surface area contributed by atoms with Gasteiger partial charge in [0.2, 0.25) is 0 Å². The molecule has 2 aromatic heterocycles. The SMILES string of the molecule is Cc1cc(C#N)cc(-n2ccc(C(=O)O)n2)n1. The minimum atomic E-state index is -1.10.